The monoisotopic (exact) mass is 326 g/mol. The number of fused-ring (bicyclic) bond motifs is 1. The molecule has 0 aliphatic rings. The van der Waals surface area contributed by atoms with E-state index < -0.39 is 0 Å². The number of nitrogens with zero attached hydrogens (tertiary/aromatic N) is 5. The number of aromatic nitrogens is 5. The molecule has 8 nitrogen and oxygen atoms in total. The number of para-hydroxylation sites is 1. The van der Waals surface area contributed by atoms with Gasteiger partial charge in [0.05, 0.1) is 24.8 Å². The van der Waals surface area contributed by atoms with Crippen LogP contribution in [-0.2, 0) is 24.4 Å². The van der Waals surface area contributed by atoms with Crippen LogP contribution in [0.2, 0.25) is 0 Å². The highest BCUT2D eigenvalue weighted by atomic mass is 16.1. The number of rotatable bonds is 6. The summed E-state index contributed by atoms with van der Waals surface area (Å²) in [5.74, 6) is 0.614. The van der Waals surface area contributed by atoms with E-state index in [9.17, 15) is 9.59 Å². The maximum Gasteiger partial charge on any atom is 0.222 e. The summed E-state index contributed by atoms with van der Waals surface area (Å²) in [5, 5.41) is 15.3. The summed E-state index contributed by atoms with van der Waals surface area (Å²) < 4.78 is 3.54. The molecule has 1 N–H and O–H groups in total. The normalized spacial score (nSPS) is 10.9. The quantitative estimate of drug-likeness (QED) is 0.720. The van der Waals surface area contributed by atoms with Crippen molar-refractivity contribution in [1.82, 2.24) is 29.9 Å². The van der Waals surface area contributed by atoms with Crippen molar-refractivity contribution >= 4 is 16.8 Å². The zero-order valence-electron chi connectivity index (χ0n) is 13.3. The van der Waals surface area contributed by atoms with Crippen LogP contribution in [0.15, 0.2) is 41.6 Å². The Bertz CT molecular complexity index is 914. The van der Waals surface area contributed by atoms with Crippen molar-refractivity contribution in [3.8, 4) is 0 Å². The molecular weight excluding hydrogens is 308 g/mol. The highest BCUT2D eigenvalue weighted by Crippen LogP contribution is 2.08. The van der Waals surface area contributed by atoms with Crippen LogP contribution in [0.1, 0.15) is 19.2 Å². The summed E-state index contributed by atoms with van der Waals surface area (Å²) in [7, 11) is 0. The lowest BCUT2D eigenvalue weighted by atomic mass is 10.2. The average Bonchev–Trinajstić information content (AvgIpc) is 3.07. The molecule has 0 atom stereocenters. The summed E-state index contributed by atoms with van der Waals surface area (Å²) >= 11 is 0. The van der Waals surface area contributed by atoms with E-state index >= 15 is 0 Å². The smallest absolute Gasteiger partial charge is 0.222 e. The Morgan fingerprint density at radius 3 is 2.96 bits per heavy atom. The van der Waals surface area contributed by atoms with Crippen molar-refractivity contribution in [2.24, 2.45) is 0 Å². The number of aryl methyl sites for hydroxylation is 2. The van der Waals surface area contributed by atoms with Crippen LogP contribution in [0.25, 0.3) is 10.9 Å². The SMILES string of the molecule is CCn1cnnc1CNC(=O)CCn1ncc(=O)c2ccccc21. The predicted octanol–water partition coefficient (Wildman–Crippen LogP) is 0.714. The molecule has 8 heteroatoms. The van der Waals surface area contributed by atoms with E-state index in [2.05, 4.69) is 20.6 Å². The number of nitrogens with one attached hydrogen (secondary N) is 1. The largest absolute Gasteiger partial charge is 0.349 e. The maximum atomic E-state index is 12.0. The van der Waals surface area contributed by atoms with Crippen LogP contribution in [0.4, 0.5) is 0 Å². The molecule has 24 heavy (non-hydrogen) atoms. The van der Waals surface area contributed by atoms with Gasteiger partial charge in [0, 0.05) is 18.4 Å². The van der Waals surface area contributed by atoms with Crippen molar-refractivity contribution in [1.29, 1.82) is 0 Å². The molecule has 0 unspecified atom stereocenters. The maximum absolute atomic E-state index is 12.0. The third-order valence-corrected chi connectivity index (χ3v) is 3.79. The third-order valence-electron chi connectivity index (χ3n) is 3.79. The van der Waals surface area contributed by atoms with Gasteiger partial charge in [0.2, 0.25) is 11.3 Å². The fraction of sp³-hybridized carbons (Fsp3) is 0.312. The molecule has 3 aromatic rings. The first kappa shape index (κ1) is 15.9. The summed E-state index contributed by atoms with van der Waals surface area (Å²) in [4.78, 5) is 23.8. The van der Waals surface area contributed by atoms with E-state index in [1.165, 1.54) is 6.20 Å². The molecule has 1 amide bonds. The standard InChI is InChI=1S/C16H18N6O2/c1-2-21-11-18-20-15(21)10-17-16(24)7-8-22-13-6-4-3-5-12(13)14(23)9-19-22/h3-6,9,11H,2,7-8,10H2,1H3,(H,17,24). The minimum Gasteiger partial charge on any atom is -0.349 e. The molecule has 0 bridgehead atoms. The van der Waals surface area contributed by atoms with Crippen molar-refractivity contribution < 1.29 is 4.79 Å². The van der Waals surface area contributed by atoms with Gasteiger partial charge in [0.25, 0.3) is 0 Å². The number of benzene rings is 1. The van der Waals surface area contributed by atoms with E-state index in [0.717, 1.165) is 17.9 Å². The summed E-state index contributed by atoms with van der Waals surface area (Å²) in [5.41, 5.74) is 0.605. The van der Waals surface area contributed by atoms with Crippen LogP contribution in [0, 0.1) is 0 Å². The van der Waals surface area contributed by atoms with Crippen LogP contribution in [0.3, 0.4) is 0 Å². The van der Waals surface area contributed by atoms with Crippen molar-refractivity contribution in [2.45, 2.75) is 33.0 Å². The minimum absolute atomic E-state index is 0.106. The topological polar surface area (TPSA) is 94.7 Å². The van der Waals surface area contributed by atoms with Gasteiger partial charge in [0.15, 0.2) is 5.82 Å². The van der Waals surface area contributed by atoms with E-state index in [1.54, 1.807) is 17.1 Å². The van der Waals surface area contributed by atoms with Crippen LogP contribution >= 0.6 is 0 Å². The number of carbonyl (C=O) groups is 1. The molecule has 3 rings (SSSR count). The van der Waals surface area contributed by atoms with Gasteiger partial charge in [-0.1, -0.05) is 12.1 Å². The average molecular weight is 326 g/mol. The Morgan fingerprint density at radius 1 is 1.29 bits per heavy atom. The molecule has 1 aromatic carbocycles. The highest BCUT2D eigenvalue weighted by molar-refractivity contribution is 5.78. The van der Waals surface area contributed by atoms with Gasteiger partial charge in [0.1, 0.15) is 6.33 Å². The molecule has 0 fully saturated rings. The molecule has 0 saturated heterocycles. The fourth-order valence-electron chi connectivity index (χ4n) is 2.49. The van der Waals surface area contributed by atoms with Crippen LogP contribution in [0.5, 0.6) is 0 Å². The highest BCUT2D eigenvalue weighted by Gasteiger charge is 2.08. The lowest BCUT2D eigenvalue weighted by Crippen LogP contribution is -2.26. The zero-order chi connectivity index (χ0) is 16.9. The van der Waals surface area contributed by atoms with Gasteiger partial charge in [-0.15, -0.1) is 10.2 Å². The van der Waals surface area contributed by atoms with Gasteiger partial charge in [-0.2, -0.15) is 5.10 Å². The first-order valence-electron chi connectivity index (χ1n) is 7.77. The minimum atomic E-state index is -0.120. The van der Waals surface area contributed by atoms with Crippen molar-refractivity contribution in [2.75, 3.05) is 0 Å². The molecular formula is C16H18N6O2. The van der Waals surface area contributed by atoms with E-state index in [-0.39, 0.29) is 17.8 Å². The van der Waals surface area contributed by atoms with Gasteiger partial charge < -0.3 is 9.88 Å². The van der Waals surface area contributed by atoms with Gasteiger partial charge >= 0.3 is 0 Å². The molecule has 2 aromatic heterocycles. The van der Waals surface area contributed by atoms with E-state index in [0.29, 0.717) is 18.5 Å². The zero-order valence-corrected chi connectivity index (χ0v) is 13.3. The molecule has 0 saturated carbocycles. The first-order valence-corrected chi connectivity index (χ1v) is 7.77. The summed E-state index contributed by atoms with van der Waals surface area (Å²) in [6.07, 6.45) is 3.18. The Hall–Kier alpha value is -3.03. The third kappa shape index (κ3) is 3.32. The number of carbonyl (C=O) groups excluding carboxylic acids is 1. The van der Waals surface area contributed by atoms with Gasteiger partial charge in [-0.3, -0.25) is 14.3 Å². The lowest BCUT2D eigenvalue weighted by Gasteiger charge is -2.09. The van der Waals surface area contributed by atoms with Crippen molar-refractivity contribution in [3.05, 3.63) is 52.8 Å². The number of hydrogen-bond donors (Lipinski definition) is 1. The van der Waals surface area contributed by atoms with Gasteiger partial charge in [-0.05, 0) is 19.1 Å². The Balaban J connectivity index is 1.63. The van der Waals surface area contributed by atoms with Crippen molar-refractivity contribution in [3.63, 3.8) is 0 Å². The summed E-state index contributed by atoms with van der Waals surface area (Å²) in [6.45, 7) is 3.48. The van der Waals surface area contributed by atoms with E-state index in [1.807, 2.05) is 29.7 Å². The lowest BCUT2D eigenvalue weighted by molar-refractivity contribution is -0.121. The second kappa shape index (κ2) is 7.03. The fourth-order valence-corrected chi connectivity index (χ4v) is 2.49. The first-order chi connectivity index (χ1) is 11.7. The molecule has 2 heterocycles. The summed E-state index contributed by atoms with van der Waals surface area (Å²) in [6, 6.07) is 7.24. The van der Waals surface area contributed by atoms with Crippen LogP contribution < -0.4 is 10.7 Å². The van der Waals surface area contributed by atoms with Gasteiger partial charge in [-0.25, -0.2) is 0 Å². The van der Waals surface area contributed by atoms with Crippen LogP contribution in [-0.4, -0.2) is 30.5 Å². The van der Waals surface area contributed by atoms with E-state index in [4.69, 9.17) is 0 Å². The Kier molecular flexibility index (Phi) is 4.64. The number of hydrogen-bond acceptors (Lipinski definition) is 5. The molecule has 124 valence electrons. The molecule has 0 aliphatic carbocycles. The second-order valence-corrected chi connectivity index (χ2v) is 5.31. The molecule has 0 spiro atoms. The molecule has 0 radical (unpaired) electrons. The predicted molar refractivity (Wildman–Crippen MR) is 88.2 cm³/mol. The number of amides is 1. The molecule has 0 aliphatic heterocycles. The Morgan fingerprint density at radius 2 is 2.12 bits per heavy atom. The Labute approximate surface area is 138 Å². The second-order valence-electron chi connectivity index (χ2n) is 5.31.